The second-order valence-electron chi connectivity index (χ2n) is 10.7. The molecule has 1 fully saturated rings. The fourth-order valence-electron chi connectivity index (χ4n) is 4.95. The van der Waals surface area contributed by atoms with E-state index < -0.39 is 48.4 Å². The summed E-state index contributed by atoms with van der Waals surface area (Å²) in [7, 11) is 0. The van der Waals surface area contributed by atoms with Crippen molar-refractivity contribution in [3.63, 3.8) is 0 Å². The Morgan fingerprint density at radius 3 is 2.38 bits per heavy atom. The fraction of sp³-hybridized carbons (Fsp3) is 0.469. The number of hydrogen-bond acceptors (Lipinski definition) is 9. The minimum atomic E-state index is -1.03. The summed E-state index contributed by atoms with van der Waals surface area (Å²) >= 11 is 1.65. The average Bonchev–Trinajstić information content (AvgIpc) is 3.03. The van der Waals surface area contributed by atoms with E-state index in [2.05, 4.69) is 21.3 Å². The van der Waals surface area contributed by atoms with Crippen LogP contribution in [-0.4, -0.2) is 102 Å². The van der Waals surface area contributed by atoms with Crippen molar-refractivity contribution >= 4 is 41.4 Å². The number of nitrogens with one attached hydrogen (secondary N) is 4. The van der Waals surface area contributed by atoms with Crippen LogP contribution in [0.5, 0.6) is 5.75 Å². The van der Waals surface area contributed by atoms with Crippen LogP contribution >= 0.6 is 11.8 Å². The number of hydrogen-bond donors (Lipinski definition) is 5. The highest BCUT2D eigenvalue weighted by molar-refractivity contribution is 7.98. The van der Waals surface area contributed by atoms with Gasteiger partial charge in [-0.3, -0.25) is 19.2 Å². The number of aromatic hydroxyl groups is 1. The third kappa shape index (κ3) is 11.1. The molecule has 4 atom stereocenters. The van der Waals surface area contributed by atoms with Crippen molar-refractivity contribution < 1.29 is 33.8 Å². The largest absolute Gasteiger partial charge is 0.508 e. The van der Waals surface area contributed by atoms with Gasteiger partial charge >= 0.3 is 5.97 Å². The first-order valence-corrected chi connectivity index (χ1v) is 16.4. The molecule has 1 aliphatic rings. The number of nitrogens with zero attached hydrogens (tertiary/aromatic N) is 1. The first kappa shape index (κ1) is 35.4. The van der Waals surface area contributed by atoms with Crippen molar-refractivity contribution in [1.29, 1.82) is 0 Å². The lowest BCUT2D eigenvalue weighted by molar-refractivity contribution is -0.147. The number of benzene rings is 2. The highest BCUT2D eigenvalue weighted by Gasteiger charge is 2.36. The van der Waals surface area contributed by atoms with Crippen LogP contribution in [0.15, 0.2) is 54.6 Å². The molecular weight excluding hydrogens is 598 g/mol. The van der Waals surface area contributed by atoms with Gasteiger partial charge in [0, 0.05) is 25.9 Å². The lowest BCUT2D eigenvalue weighted by Crippen LogP contribution is -2.62. The molecule has 2 aromatic carbocycles. The van der Waals surface area contributed by atoms with E-state index in [1.807, 2.05) is 36.6 Å². The van der Waals surface area contributed by atoms with Crippen LogP contribution in [0.4, 0.5) is 0 Å². The summed E-state index contributed by atoms with van der Waals surface area (Å²) in [6.45, 7) is 3.73. The molecule has 1 aliphatic heterocycles. The standard InChI is InChI=1S/C32H43N5O7S/c1-4-44-32(43)26(18-23-10-12-24(38)13-11-23)36-29(40)21(2)35-28(39)20-34-30(41)27(19-22-8-6-5-7-9-22)37-16-15-33-25(31(37)42)14-17-45-3/h5-13,21,25-27,33,38H,4,14-20H2,1-3H3,(H,34,41)(H,35,39)(H,36,40)/t21-,25+,26+,27-/m1/s1. The van der Waals surface area contributed by atoms with Gasteiger partial charge in [0.25, 0.3) is 0 Å². The number of ether oxygens (including phenoxy) is 1. The van der Waals surface area contributed by atoms with Crippen molar-refractivity contribution in [2.75, 3.05) is 38.2 Å². The number of piperazine rings is 1. The van der Waals surface area contributed by atoms with Gasteiger partial charge in [0.05, 0.1) is 19.2 Å². The van der Waals surface area contributed by atoms with Crippen LogP contribution in [0, 0.1) is 0 Å². The van der Waals surface area contributed by atoms with Gasteiger partial charge in [-0.05, 0) is 55.5 Å². The van der Waals surface area contributed by atoms with E-state index in [9.17, 15) is 29.1 Å². The van der Waals surface area contributed by atoms with E-state index in [4.69, 9.17) is 4.74 Å². The Labute approximate surface area is 268 Å². The van der Waals surface area contributed by atoms with Crippen LogP contribution in [0.1, 0.15) is 31.4 Å². The highest BCUT2D eigenvalue weighted by Crippen LogP contribution is 2.16. The molecule has 0 bridgehead atoms. The third-order valence-corrected chi connectivity index (χ3v) is 7.99. The highest BCUT2D eigenvalue weighted by atomic mass is 32.2. The van der Waals surface area contributed by atoms with Crippen molar-refractivity contribution in [2.24, 2.45) is 0 Å². The molecule has 1 heterocycles. The zero-order chi connectivity index (χ0) is 32.8. The van der Waals surface area contributed by atoms with Gasteiger partial charge in [-0.2, -0.15) is 11.8 Å². The summed E-state index contributed by atoms with van der Waals surface area (Å²) in [6.07, 6.45) is 3.02. The number of carbonyl (C=O) groups is 5. The van der Waals surface area contributed by atoms with Gasteiger partial charge in [-0.1, -0.05) is 42.5 Å². The predicted molar refractivity (Wildman–Crippen MR) is 171 cm³/mol. The number of phenolic OH excluding ortho intramolecular Hbond substituents is 1. The summed E-state index contributed by atoms with van der Waals surface area (Å²) < 4.78 is 5.10. The zero-order valence-electron chi connectivity index (χ0n) is 25.9. The van der Waals surface area contributed by atoms with Crippen molar-refractivity contribution in [1.82, 2.24) is 26.2 Å². The summed E-state index contributed by atoms with van der Waals surface area (Å²) in [5.74, 6) is -1.61. The van der Waals surface area contributed by atoms with Gasteiger partial charge in [-0.25, -0.2) is 4.79 Å². The second-order valence-corrected chi connectivity index (χ2v) is 11.7. The average molecular weight is 642 g/mol. The molecular formula is C32H43N5O7S. The van der Waals surface area contributed by atoms with Crippen molar-refractivity contribution in [3.05, 3.63) is 65.7 Å². The number of thioether (sulfide) groups is 1. The summed E-state index contributed by atoms with van der Waals surface area (Å²) in [6, 6.07) is 12.3. The number of phenols is 1. The Hall–Kier alpha value is -4.10. The van der Waals surface area contributed by atoms with Crippen molar-refractivity contribution in [3.8, 4) is 5.75 Å². The third-order valence-electron chi connectivity index (χ3n) is 7.34. The second kappa shape index (κ2) is 18.0. The quantitative estimate of drug-likeness (QED) is 0.167. The predicted octanol–water partition coefficient (Wildman–Crippen LogP) is 0.768. The molecule has 3 rings (SSSR count). The Kier molecular flexibility index (Phi) is 14.2. The number of rotatable bonds is 16. The molecule has 13 heteroatoms. The van der Waals surface area contributed by atoms with E-state index in [1.165, 1.54) is 19.1 Å². The molecule has 4 amide bonds. The Balaban J connectivity index is 1.61. The van der Waals surface area contributed by atoms with Crippen LogP contribution in [0.2, 0.25) is 0 Å². The molecule has 0 saturated carbocycles. The summed E-state index contributed by atoms with van der Waals surface area (Å²) in [5, 5.41) is 20.6. The lowest BCUT2D eigenvalue weighted by Gasteiger charge is -2.38. The SMILES string of the molecule is CCOC(=O)[C@H](Cc1ccc(O)cc1)NC(=O)[C@@H](C)NC(=O)CNC(=O)[C@@H](Cc1ccccc1)N1CCN[C@@H](CCSC)C1=O. The molecule has 0 aromatic heterocycles. The van der Waals surface area contributed by atoms with E-state index in [1.54, 1.807) is 35.7 Å². The molecule has 45 heavy (non-hydrogen) atoms. The van der Waals surface area contributed by atoms with Crippen LogP contribution in [0.25, 0.3) is 0 Å². The van der Waals surface area contributed by atoms with E-state index in [0.717, 1.165) is 11.3 Å². The fourth-order valence-corrected chi connectivity index (χ4v) is 5.42. The normalized spacial score (nSPS) is 16.6. The molecule has 0 unspecified atom stereocenters. The molecule has 1 saturated heterocycles. The minimum absolute atomic E-state index is 0.0696. The first-order chi connectivity index (χ1) is 21.6. The maximum atomic E-state index is 13.5. The summed E-state index contributed by atoms with van der Waals surface area (Å²) in [5.41, 5.74) is 1.57. The number of amides is 4. The number of esters is 1. The van der Waals surface area contributed by atoms with Gasteiger partial charge in [0.1, 0.15) is 23.9 Å². The molecule has 244 valence electrons. The smallest absolute Gasteiger partial charge is 0.328 e. The van der Waals surface area contributed by atoms with Crippen molar-refractivity contribution in [2.45, 2.75) is 57.3 Å². The van der Waals surface area contributed by atoms with Crippen LogP contribution in [0.3, 0.4) is 0 Å². The monoisotopic (exact) mass is 641 g/mol. The molecule has 5 N–H and O–H groups in total. The Morgan fingerprint density at radius 1 is 1.02 bits per heavy atom. The van der Waals surface area contributed by atoms with Crippen LogP contribution in [-0.2, 0) is 41.6 Å². The maximum absolute atomic E-state index is 13.5. The molecule has 12 nitrogen and oxygen atoms in total. The number of carbonyl (C=O) groups excluding carboxylic acids is 5. The molecule has 0 radical (unpaired) electrons. The minimum Gasteiger partial charge on any atom is -0.508 e. The Morgan fingerprint density at radius 2 is 1.71 bits per heavy atom. The van der Waals surface area contributed by atoms with Gasteiger partial charge < -0.3 is 36.0 Å². The summed E-state index contributed by atoms with van der Waals surface area (Å²) in [4.78, 5) is 66.6. The molecule has 0 spiro atoms. The first-order valence-electron chi connectivity index (χ1n) is 15.0. The topological polar surface area (TPSA) is 166 Å². The van der Waals surface area contributed by atoms with E-state index in [-0.39, 0.29) is 37.1 Å². The molecule has 2 aromatic rings. The lowest BCUT2D eigenvalue weighted by atomic mass is 10.0. The molecule has 0 aliphatic carbocycles. The van der Waals surface area contributed by atoms with E-state index in [0.29, 0.717) is 25.1 Å². The maximum Gasteiger partial charge on any atom is 0.328 e. The van der Waals surface area contributed by atoms with Crippen LogP contribution < -0.4 is 21.3 Å². The van der Waals surface area contributed by atoms with Gasteiger partial charge in [-0.15, -0.1) is 0 Å². The van der Waals surface area contributed by atoms with E-state index >= 15 is 0 Å². The van der Waals surface area contributed by atoms with Gasteiger partial charge in [0.2, 0.25) is 23.6 Å². The Bertz CT molecular complexity index is 1290. The van der Waals surface area contributed by atoms with Gasteiger partial charge in [0.15, 0.2) is 0 Å². The zero-order valence-corrected chi connectivity index (χ0v) is 26.7.